The van der Waals surface area contributed by atoms with Gasteiger partial charge in [0.15, 0.2) is 5.76 Å². The third-order valence-electron chi connectivity index (χ3n) is 5.09. The molecule has 1 unspecified atom stereocenters. The lowest BCUT2D eigenvalue weighted by molar-refractivity contribution is 0.0976. The van der Waals surface area contributed by atoms with Crippen molar-refractivity contribution in [3.63, 3.8) is 0 Å². The van der Waals surface area contributed by atoms with Gasteiger partial charge in [-0.15, -0.1) is 11.3 Å². The number of carbonyl (C=O) groups excluding carboxylic acids is 2. The van der Waals surface area contributed by atoms with Crippen LogP contribution in [0.5, 0.6) is 0 Å². The summed E-state index contributed by atoms with van der Waals surface area (Å²) >= 11 is 1.26. The molecule has 7 heteroatoms. The predicted molar refractivity (Wildman–Crippen MR) is 125 cm³/mol. The van der Waals surface area contributed by atoms with Crippen LogP contribution in [0, 0.1) is 5.92 Å². The van der Waals surface area contributed by atoms with Crippen molar-refractivity contribution >= 4 is 44.7 Å². The molecule has 0 fully saturated rings. The molecule has 0 aliphatic carbocycles. The second-order valence-corrected chi connectivity index (χ2v) is 9.08. The van der Waals surface area contributed by atoms with E-state index in [0.717, 1.165) is 23.0 Å². The number of nitrogens with zero attached hydrogens (tertiary/aromatic N) is 1. The monoisotopic (exact) mass is 435 g/mol. The molecule has 0 saturated carbocycles. The van der Waals surface area contributed by atoms with Gasteiger partial charge in [0.25, 0.3) is 11.8 Å². The molecule has 1 aromatic carbocycles. The molecule has 0 bridgehead atoms. The predicted octanol–water partition coefficient (Wildman–Crippen LogP) is 6.16. The van der Waals surface area contributed by atoms with Crippen molar-refractivity contribution in [3.8, 4) is 0 Å². The van der Waals surface area contributed by atoms with E-state index in [2.05, 4.69) is 31.1 Å². The fourth-order valence-electron chi connectivity index (χ4n) is 3.77. The van der Waals surface area contributed by atoms with E-state index < -0.39 is 0 Å². The van der Waals surface area contributed by atoms with E-state index in [4.69, 9.17) is 4.42 Å². The zero-order valence-electron chi connectivity index (χ0n) is 17.7. The summed E-state index contributed by atoms with van der Waals surface area (Å²) in [6.45, 7) is 6.39. The van der Waals surface area contributed by atoms with E-state index in [1.54, 1.807) is 24.3 Å². The number of aromatic amines is 1. The highest BCUT2D eigenvalue weighted by atomic mass is 32.1. The number of carbonyl (C=O) groups is 2. The highest BCUT2D eigenvalue weighted by Crippen LogP contribution is 2.30. The Morgan fingerprint density at radius 1 is 1.13 bits per heavy atom. The lowest BCUT2D eigenvalue weighted by Gasteiger charge is -2.30. The van der Waals surface area contributed by atoms with Crippen LogP contribution in [0.3, 0.4) is 0 Å². The molecule has 4 aromatic rings. The lowest BCUT2D eigenvalue weighted by atomic mass is 10.0. The van der Waals surface area contributed by atoms with Crippen molar-refractivity contribution in [2.24, 2.45) is 5.92 Å². The molecule has 0 aliphatic rings. The number of aromatic nitrogens is 1. The summed E-state index contributed by atoms with van der Waals surface area (Å²) in [6, 6.07) is 14.8. The number of amides is 2. The molecule has 4 rings (SSSR count). The van der Waals surface area contributed by atoms with Gasteiger partial charge in [0.1, 0.15) is 0 Å². The maximum absolute atomic E-state index is 13.6. The van der Waals surface area contributed by atoms with E-state index in [1.165, 1.54) is 17.6 Å². The van der Waals surface area contributed by atoms with Crippen molar-refractivity contribution < 1.29 is 14.0 Å². The molecule has 1 atom stereocenters. The van der Waals surface area contributed by atoms with Gasteiger partial charge in [0.05, 0.1) is 16.1 Å². The number of thiophene rings is 1. The first-order chi connectivity index (χ1) is 14.9. The van der Waals surface area contributed by atoms with Crippen LogP contribution in [0.4, 0.5) is 10.7 Å². The van der Waals surface area contributed by atoms with E-state index in [-0.39, 0.29) is 23.6 Å². The van der Waals surface area contributed by atoms with Gasteiger partial charge in [-0.2, -0.15) is 0 Å². The Morgan fingerprint density at radius 3 is 2.71 bits per heavy atom. The third kappa shape index (κ3) is 4.56. The van der Waals surface area contributed by atoms with Crippen molar-refractivity contribution in [2.75, 3.05) is 10.2 Å². The quantitative estimate of drug-likeness (QED) is 0.365. The number of hydrogen-bond donors (Lipinski definition) is 2. The average Bonchev–Trinajstić information content (AvgIpc) is 3.48. The first kappa shape index (κ1) is 20.9. The minimum Gasteiger partial charge on any atom is -0.459 e. The van der Waals surface area contributed by atoms with Gasteiger partial charge >= 0.3 is 0 Å². The van der Waals surface area contributed by atoms with Gasteiger partial charge in [-0.25, -0.2) is 0 Å². The van der Waals surface area contributed by atoms with Crippen LogP contribution in [0.1, 0.15) is 47.4 Å². The number of nitrogens with one attached hydrogen (secondary N) is 2. The highest BCUT2D eigenvalue weighted by molar-refractivity contribution is 7.18. The molecule has 0 radical (unpaired) electrons. The number of benzene rings is 1. The van der Waals surface area contributed by atoms with Crippen molar-refractivity contribution in [2.45, 2.75) is 33.2 Å². The number of hydrogen-bond acceptors (Lipinski definition) is 4. The van der Waals surface area contributed by atoms with Crippen LogP contribution >= 0.6 is 11.3 Å². The van der Waals surface area contributed by atoms with Crippen LogP contribution in [0.2, 0.25) is 0 Å². The van der Waals surface area contributed by atoms with Crippen molar-refractivity contribution in [1.82, 2.24) is 4.98 Å². The second-order valence-electron chi connectivity index (χ2n) is 8.00. The molecule has 0 aliphatic heterocycles. The van der Waals surface area contributed by atoms with Gasteiger partial charge in [-0.05, 0) is 67.8 Å². The molecule has 0 saturated heterocycles. The molecule has 31 heavy (non-hydrogen) atoms. The van der Waals surface area contributed by atoms with Crippen LogP contribution < -0.4 is 10.2 Å². The van der Waals surface area contributed by atoms with E-state index >= 15 is 0 Å². The SMILES string of the molecule is CC(C)CC(C)N(C(=O)c1ccc(NC(=O)c2ccco2)s1)c1ccc2[nH]ccc2c1. The standard InChI is InChI=1S/C24H25N3O3S/c1-15(2)13-16(3)27(18-6-7-19-17(14-18)10-11-25-19)24(29)21-8-9-22(31-21)26-23(28)20-5-4-12-30-20/h4-12,14-16,25H,13H2,1-3H3,(H,26,28). The Kier molecular flexibility index (Phi) is 5.95. The summed E-state index contributed by atoms with van der Waals surface area (Å²) in [4.78, 5) is 31.4. The largest absolute Gasteiger partial charge is 0.459 e. The molecule has 0 spiro atoms. The van der Waals surface area contributed by atoms with Gasteiger partial charge < -0.3 is 19.6 Å². The normalized spacial score (nSPS) is 12.3. The second kappa shape index (κ2) is 8.81. The molecular formula is C24H25N3O3S. The fourth-order valence-corrected chi connectivity index (χ4v) is 4.61. The third-order valence-corrected chi connectivity index (χ3v) is 6.07. The number of anilines is 2. The molecule has 3 aromatic heterocycles. The Hall–Kier alpha value is -3.32. The lowest BCUT2D eigenvalue weighted by Crippen LogP contribution is -2.39. The summed E-state index contributed by atoms with van der Waals surface area (Å²) < 4.78 is 5.13. The van der Waals surface area contributed by atoms with E-state index in [1.807, 2.05) is 35.4 Å². The number of fused-ring (bicyclic) bond motifs is 1. The number of rotatable bonds is 7. The summed E-state index contributed by atoms with van der Waals surface area (Å²) in [6.07, 6.45) is 4.23. The smallest absolute Gasteiger partial charge is 0.291 e. The molecule has 2 N–H and O–H groups in total. The summed E-state index contributed by atoms with van der Waals surface area (Å²) in [5.74, 6) is 0.265. The van der Waals surface area contributed by atoms with Gasteiger partial charge in [-0.1, -0.05) is 13.8 Å². The highest BCUT2D eigenvalue weighted by Gasteiger charge is 2.26. The Balaban J connectivity index is 1.61. The maximum Gasteiger partial charge on any atom is 0.291 e. The average molecular weight is 436 g/mol. The minimum absolute atomic E-state index is 0.0205. The van der Waals surface area contributed by atoms with Gasteiger partial charge in [0, 0.05) is 28.8 Å². The maximum atomic E-state index is 13.6. The zero-order chi connectivity index (χ0) is 22.0. The summed E-state index contributed by atoms with van der Waals surface area (Å²) in [5.41, 5.74) is 1.89. The molecule has 6 nitrogen and oxygen atoms in total. The molecule has 2 amide bonds. The van der Waals surface area contributed by atoms with Crippen molar-refractivity contribution in [3.05, 3.63) is 71.6 Å². The Labute approximate surface area is 184 Å². The zero-order valence-corrected chi connectivity index (χ0v) is 18.5. The minimum atomic E-state index is -0.339. The summed E-state index contributed by atoms with van der Waals surface area (Å²) in [5, 5.41) is 4.45. The molecular weight excluding hydrogens is 410 g/mol. The summed E-state index contributed by atoms with van der Waals surface area (Å²) in [7, 11) is 0. The first-order valence-corrected chi connectivity index (χ1v) is 11.1. The van der Waals surface area contributed by atoms with Crippen LogP contribution in [0.15, 0.2) is 65.4 Å². The number of H-pyrrole nitrogens is 1. The van der Waals surface area contributed by atoms with Gasteiger partial charge in [0.2, 0.25) is 0 Å². The Morgan fingerprint density at radius 2 is 1.97 bits per heavy atom. The van der Waals surface area contributed by atoms with E-state index in [0.29, 0.717) is 15.8 Å². The first-order valence-electron chi connectivity index (χ1n) is 10.3. The molecule has 160 valence electrons. The van der Waals surface area contributed by atoms with Crippen LogP contribution in [-0.4, -0.2) is 22.8 Å². The van der Waals surface area contributed by atoms with Gasteiger partial charge in [-0.3, -0.25) is 9.59 Å². The van der Waals surface area contributed by atoms with Crippen LogP contribution in [-0.2, 0) is 0 Å². The van der Waals surface area contributed by atoms with Crippen molar-refractivity contribution in [1.29, 1.82) is 0 Å². The number of furan rings is 1. The van der Waals surface area contributed by atoms with Crippen LogP contribution in [0.25, 0.3) is 10.9 Å². The van der Waals surface area contributed by atoms with E-state index in [9.17, 15) is 9.59 Å². The fraction of sp³-hybridized carbons (Fsp3) is 0.250. The molecule has 3 heterocycles. The topological polar surface area (TPSA) is 78.3 Å². The Bertz CT molecular complexity index is 1190.